The Labute approximate surface area is 140 Å². The fourth-order valence-corrected chi connectivity index (χ4v) is 3.65. The van der Waals surface area contributed by atoms with Gasteiger partial charge >= 0.3 is 0 Å². The largest absolute Gasteiger partial charge is 0.310 e. The van der Waals surface area contributed by atoms with Crippen molar-refractivity contribution in [3.8, 4) is 0 Å². The number of para-hydroxylation sites is 1. The first-order chi connectivity index (χ1) is 11.1. The number of aromatic nitrogens is 1. The molecule has 124 valence electrons. The highest BCUT2D eigenvalue weighted by Gasteiger charge is 2.20. The van der Waals surface area contributed by atoms with E-state index in [9.17, 15) is 0 Å². The Morgan fingerprint density at radius 3 is 2.65 bits per heavy atom. The first-order valence-electron chi connectivity index (χ1n) is 9.28. The van der Waals surface area contributed by atoms with Gasteiger partial charge in [-0.1, -0.05) is 39.0 Å². The van der Waals surface area contributed by atoms with E-state index >= 15 is 0 Å². The molecule has 2 nitrogen and oxygen atoms in total. The quantitative estimate of drug-likeness (QED) is 0.828. The standard InChI is InChI=1S/C21H30N2/c1-5-15(4)22-13-19-17-9-6-7-12-20(17)23-21-16(14(2)3)10-8-11-18(19)21/h8,10-11,14-15,22H,5-7,9,12-13H2,1-4H3. The second-order valence-electron chi connectivity index (χ2n) is 7.31. The molecule has 1 N–H and O–H groups in total. The number of nitrogens with one attached hydrogen (secondary N) is 1. The molecule has 23 heavy (non-hydrogen) atoms. The van der Waals surface area contributed by atoms with Crippen molar-refractivity contribution in [3.05, 3.63) is 40.6 Å². The van der Waals surface area contributed by atoms with Crippen LogP contribution in [-0.2, 0) is 19.4 Å². The molecular weight excluding hydrogens is 280 g/mol. The van der Waals surface area contributed by atoms with Crippen molar-refractivity contribution in [1.29, 1.82) is 0 Å². The Morgan fingerprint density at radius 1 is 1.13 bits per heavy atom. The summed E-state index contributed by atoms with van der Waals surface area (Å²) in [6.45, 7) is 10.0. The third-order valence-electron chi connectivity index (χ3n) is 5.30. The Morgan fingerprint density at radius 2 is 1.91 bits per heavy atom. The highest BCUT2D eigenvalue weighted by atomic mass is 14.9. The van der Waals surface area contributed by atoms with E-state index in [-0.39, 0.29) is 0 Å². The van der Waals surface area contributed by atoms with Gasteiger partial charge in [-0.15, -0.1) is 0 Å². The van der Waals surface area contributed by atoms with E-state index in [1.165, 1.54) is 59.0 Å². The summed E-state index contributed by atoms with van der Waals surface area (Å²) in [5.41, 5.74) is 7.02. The highest BCUT2D eigenvalue weighted by Crippen LogP contribution is 2.32. The van der Waals surface area contributed by atoms with Gasteiger partial charge in [0.1, 0.15) is 0 Å². The molecule has 0 spiro atoms. The zero-order chi connectivity index (χ0) is 16.4. The molecule has 1 atom stereocenters. The smallest absolute Gasteiger partial charge is 0.0743 e. The van der Waals surface area contributed by atoms with E-state index in [1.807, 2.05) is 0 Å². The van der Waals surface area contributed by atoms with Crippen LogP contribution in [0, 0.1) is 0 Å². The van der Waals surface area contributed by atoms with Gasteiger partial charge in [0.15, 0.2) is 0 Å². The summed E-state index contributed by atoms with van der Waals surface area (Å²) >= 11 is 0. The molecule has 1 aromatic heterocycles. The van der Waals surface area contributed by atoms with Crippen LogP contribution in [0.5, 0.6) is 0 Å². The topological polar surface area (TPSA) is 24.9 Å². The molecule has 0 bridgehead atoms. The molecule has 1 aromatic carbocycles. The lowest BCUT2D eigenvalue weighted by molar-refractivity contribution is 0.531. The number of pyridine rings is 1. The van der Waals surface area contributed by atoms with Gasteiger partial charge in [0.25, 0.3) is 0 Å². The maximum Gasteiger partial charge on any atom is 0.0743 e. The summed E-state index contributed by atoms with van der Waals surface area (Å²) in [7, 11) is 0. The van der Waals surface area contributed by atoms with Crippen LogP contribution < -0.4 is 5.32 Å². The number of benzene rings is 1. The molecule has 2 aromatic rings. The fraction of sp³-hybridized carbons (Fsp3) is 0.571. The molecule has 0 radical (unpaired) electrons. The molecule has 1 heterocycles. The lowest BCUT2D eigenvalue weighted by Crippen LogP contribution is -2.26. The van der Waals surface area contributed by atoms with Crippen LogP contribution in [0.3, 0.4) is 0 Å². The van der Waals surface area contributed by atoms with Gasteiger partial charge in [0.2, 0.25) is 0 Å². The molecule has 0 fully saturated rings. The van der Waals surface area contributed by atoms with Gasteiger partial charge in [-0.05, 0) is 61.6 Å². The van der Waals surface area contributed by atoms with Gasteiger partial charge < -0.3 is 5.32 Å². The summed E-state index contributed by atoms with van der Waals surface area (Å²) in [6, 6.07) is 7.30. The summed E-state index contributed by atoms with van der Waals surface area (Å²) in [5, 5.41) is 5.08. The molecule has 1 aliphatic rings. The van der Waals surface area contributed by atoms with Crippen LogP contribution >= 0.6 is 0 Å². The normalized spacial score (nSPS) is 15.9. The van der Waals surface area contributed by atoms with Gasteiger partial charge in [-0.3, -0.25) is 4.98 Å². The highest BCUT2D eigenvalue weighted by molar-refractivity contribution is 5.87. The Balaban J connectivity index is 2.15. The van der Waals surface area contributed by atoms with E-state index in [2.05, 4.69) is 51.2 Å². The van der Waals surface area contributed by atoms with Crippen molar-refractivity contribution in [3.63, 3.8) is 0 Å². The maximum atomic E-state index is 5.12. The van der Waals surface area contributed by atoms with Gasteiger partial charge in [0.05, 0.1) is 5.52 Å². The number of aryl methyl sites for hydroxylation is 1. The van der Waals surface area contributed by atoms with Crippen molar-refractivity contribution >= 4 is 10.9 Å². The molecule has 1 unspecified atom stereocenters. The summed E-state index contributed by atoms with van der Waals surface area (Å²) in [6.07, 6.45) is 6.10. The Bertz CT molecular complexity index is 688. The second-order valence-corrected chi connectivity index (χ2v) is 7.31. The minimum Gasteiger partial charge on any atom is -0.310 e. The average molecular weight is 310 g/mol. The summed E-state index contributed by atoms with van der Waals surface area (Å²) in [5.74, 6) is 0.517. The predicted octanol–water partition coefficient (Wildman–Crippen LogP) is 5.13. The van der Waals surface area contributed by atoms with E-state index in [0.717, 1.165) is 13.0 Å². The zero-order valence-corrected chi connectivity index (χ0v) is 15.1. The minimum absolute atomic E-state index is 0.517. The number of hydrogen-bond donors (Lipinski definition) is 1. The minimum atomic E-state index is 0.517. The Kier molecular flexibility index (Phi) is 5.01. The zero-order valence-electron chi connectivity index (χ0n) is 15.1. The van der Waals surface area contributed by atoms with Crippen molar-refractivity contribution in [1.82, 2.24) is 10.3 Å². The van der Waals surface area contributed by atoms with E-state index in [4.69, 9.17) is 4.98 Å². The second kappa shape index (κ2) is 7.00. The number of nitrogens with zero attached hydrogens (tertiary/aromatic N) is 1. The van der Waals surface area contributed by atoms with Gasteiger partial charge in [-0.2, -0.15) is 0 Å². The third-order valence-corrected chi connectivity index (χ3v) is 5.30. The number of hydrogen-bond acceptors (Lipinski definition) is 2. The monoisotopic (exact) mass is 310 g/mol. The summed E-state index contributed by atoms with van der Waals surface area (Å²) < 4.78 is 0. The van der Waals surface area contributed by atoms with Gasteiger partial charge in [0, 0.05) is 23.7 Å². The van der Waals surface area contributed by atoms with Crippen LogP contribution in [0.1, 0.15) is 75.3 Å². The Hall–Kier alpha value is -1.41. The molecule has 0 amide bonds. The lowest BCUT2D eigenvalue weighted by Gasteiger charge is -2.23. The molecule has 2 heteroatoms. The van der Waals surface area contributed by atoms with Crippen molar-refractivity contribution < 1.29 is 0 Å². The van der Waals surface area contributed by atoms with Crippen LogP contribution in [-0.4, -0.2) is 11.0 Å². The van der Waals surface area contributed by atoms with E-state index in [0.29, 0.717) is 12.0 Å². The first kappa shape index (κ1) is 16.4. The van der Waals surface area contributed by atoms with Crippen molar-refractivity contribution in [2.24, 2.45) is 0 Å². The van der Waals surface area contributed by atoms with Crippen LogP contribution in [0.2, 0.25) is 0 Å². The lowest BCUT2D eigenvalue weighted by atomic mass is 9.88. The summed E-state index contributed by atoms with van der Waals surface area (Å²) in [4.78, 5) is 5.12. The van der Waals surface area contributed by atoms with Crippen LogP contribution in [0.4, 0.5) is 0 Å². The average Bonchev–Trinajstić information content (AvgIpc) is 2.57. The van der Waals surface area contributed by atoms with Crippen LogP contribution in [0.25, 0.3) is 10.9 Å². The maximum absolute atomic E-state index is 5.12. The molecule has 1 aliphatic carbocycles. The molecule has 0 saturated carbocycles. The predicted molar refractivity (Wildman–Crippen MR) is 99.1 cm³/mol. The number of fused-ring (bicyclic) bond motifs is 2. The van der Waals surface area contributed by atoms with Gasteiger partial charge in [-0.25, -0.2) is 0 Å². The van der Waals surface area contributed by atoms with Crippen LogP contribution in [0.15, 0.2) is 18.2 Å². The SMILES string of the molecule is CCC(C)NCc1c2c(nc3c(C(C)C)cccc13)CCCC2. The van der Waals surface area contributed by atoms with E-state index in [1.54, 1.807) is 0 Å². The fourth-order valence-electron chi connectivity index (χ4n) is 3.65. The number of rotatable bonds is 5. The van der Waals surface area contributed by atoms with Crippen molar-refractivity contribution in [2.45, 2.75) is 78.3 Å². The molecule has 0 saturated heterocycles. The molecular formula is C21H30N2. The van der Waals surface area contributed by atoms with Crippen molar-refractivity contribution in [2.75, 3.05) is 0 Å². The van der Waals surface area contributed by atoms with E-state index < -0.39 is 0 Å². The third kappa shape index (κ3) is 3.28. The first-order valence-corrected chi connectivity index (χ1v) is 9.28. The molecule has 3 rings (SSSR count). The molecule has 0 aliphatic heterocycles.